The zero-order valence-corrected chi connectivity index (χ0v) is 12.3. The number of halogens is 2. The van der Waals surface area contributed by atoms with Crippen molar-refractivity contribution in [1.29, 1.82) is 0 Å². The fourth-order valence-corrected chi connectivity index (χ4v) is 2.78. The van der Waals surface area contributed by atoms with Gasteiger partial charge in [-0.2, -0.15) is 0 Å². The normalized spacial score (nSPS) is 25.2. The number of hydrogen-bond acceptors (Lipinski definition) is 2. The van der Waals surface area contributed by atoms with Gasteiger partial charge in [-0.3, -0.25) is 0 Å². The van der Waals surface area contributed by atoms with Gasteiger partial charge in [0.2, 0.25) is 0 Å². The lowest BCUT2D eigenvalue weighted by Crippen LogP contribution is -2.43. The van der Waals surface area contributed by atoms with Crippen molar-refractivity contribution in [2.45, 2.75) is 45.2 Å². The highest BCUT2D eigenvalue weighted by atomic mass is 19.1. The van der Waals surface area contributed by atoms with Gasteiger partial charge in [-0.25, -0.2) is 8.78 Å². The Morgan fingerprint density at radius 3 is 2.15 bits per heavy atom. The first-order valence-corrected chi connectivity index (χ1v) is 7.46. The quantitative estimate of drug-likeness (QED) is 0.917. The molecule has 2 nitrogen and oxygen atoms in total. The van der Waals surface area contributed by atoms with Crippen LogP contribution in [-0.2, 0) is 6.42 Å². The summed E-state index contributed by atoms with van der Waals surface area (Å²) in [6.07, 6.45) is 2.93. The molecule has 1 N–H and O–H groups in total. The summed E-state index contributed by atoms with van der Waals surface area (Å²) in [6.45, 7) is 7.36. The topological polar surface area (TPSA) is 15.3 Å². The van der Waals surface area contributed by atoms with Gasteiger partial charge in [0, 0.05) is 24.7 Å². The van der Waals surface area contributed by atoms with Crippen LogP contribution in [-0.4, -0.2) is 36.6 Å². The van der Waals surface area contributed by atoms with Crippen LogP contribution in [0.3, 0.4) is 0 Å². The van der Waals surface area contributed by atoms with Crippen molar-refractivity contribution in [2.24, 2.45) is 0 Å². The summed E-state index contributed by atoms with van der Waals surface area (Å²) in [5.41, 5.74) is 0.740. The van der Waals surface area contributed by atoms with Crippen LogP contribution < -0.4 is 5.32 Å². The Morgan fingerprint density at radius 1 is 1.05 bits per heavy atom. The van der Waals surface area contributed by atoms with Crippen LogP contribution in [0.5, 0.6) is 0 Å². The first-order chi connectivity index (χ1) is 9.52. The van der Waals surface area contributed by atoms with Crippen LogP contribution in [0.1, 0.15) is 32.3 Å². The van der Waals surface area contributed by atoms with E-state index in [9.17, 15) is 8.78 Å². The Bertz CT molecular complexity index is 404. The summed E-state index contributed by atoms with van der Waals surface area (Å²) < 4.78 is 26.3. The fourth-order valence-electron chi connectivity index (χ4n) is 2.78. The highest BCUT2D eigenvalue weighted by Crippen LogP contribution is 2.11. The van der Waals surface area contributed by atoms with Crippen molar-refractivity contribution < 1.29 is 8.78 Å². The molecule has 0 aromatic heterocycles. The maximum atomic E-state index is 13.2. The maximum Gasteiger partial charge on any atom is 0.126 e. The van der Waals surface area contributed by atoms with E-state index in [4.69, 9.17) is 0 Å². The minimum absolute atomic E-state index is 0.487. The third-order valence-electron chi connectivity index (χ3n) is 3.96. The first kappa shape index (κ1) is 15.4. The van der Waals surface area contributed by atoms with Gasteiger partial charge >= 0.3 is 0 Å². The summed E-state index contributed by atoms with van der Waals surface area (Å²) in [7, 11) is 0. The van der Waals surface area contributed by atoms with E-state index in [1.807, 2.05) is 0 Å². The second-order valence-electron chi connectivity index (χ2n) is 5.92. The molecule has 1 heterocycles. The largest absolute Gasteiger partial charge is 0.312 e. The zero-order valence-electron chi connectivity index (χ0n) is 12.3. The van der Waals surface area contributed by atoms with Crippen molar-refractivity contribution in [3.63, 3.8) is 0 Å². The van der Waals surface area contributed by atoms with Gasteiger partial charge in [0.15, 0.2) is 0 Å². The molecule has 1 saturated heterocycles. The van der Waals surface area contributed by atoms with Crippen LogP contribution in [0.15, 0.2) is 18.2 Å². The van der Waals surface area contributed by atoms with E-state index in [0.717, 1.165) is 44.1 Å². The highest BCUT2D eigenvalue weighted by Gasteiger charge is 2.15. The smallest absolute Gasteiger partial charge is 0.126 e. The van der Waals surface area contributed by atoms with Crippen molar-refractivity contribution in [1.82, 2.24) is 10.2 Å². The fraction of sp³-hybridized carbons (Fsp3) is 0.625. The lowest BCUT2D eigenvalue weighted by Gasteiger charge is -2.30. The average Bonchev–Trinajstić information content (AvgIpc) is 2.34. The predicted molar refractivity (Wildman–Crippen MR) is 77.8 cm³/mol. The lowest BCUT2D eigenvalue weighted by molar-refractivity contribution is 0.221. The minimum atomic E-state index is -0.487. The summed E-state index contributed by atoms with van der Waals surface area (Å²) in [6, 6.07) is 4.84. The molecule has 1 fully saturated rings. The molecular weight excluding hydrogens is 258 g/mol. The van der Waals surface area contributed by atoms with E-state index in [2.05, 4.69) is 24.1 Å². The Balaban J connectivity index is 1.88. The molecule has 20 heavy (non-hydrogen) atoms. The summed E-state index contributed by atoms with van der Waals surface area (Å²) in [4.78, 5) is 2.40. The average molecular weight is 282 g/mol. The SMILES string of the molecule is CC1CCN(CCc2cc(F)cc(F)c2)CCC(C)N1. The second kappa shape index (κ2) is 7.14. The van der Waals surface area contributed by atoms with Gasteiger partial charge in [0.25, 0.3) is 0 Å². The molecule has 0 amide bonds. The molecule has 1 aromatic carbocycles. The number of benzene rings is 1. The Labute approximate surface area is 120 Å². The van der Waals surface area contributed by atoms with Crippen molar-refractivity contribution >= 4 is 0 Å². The third-order valence-corrected chi connectivity index (χ3v) is 3.96. The molecule has 112 valence electrons. The van der Waals surface area contributed by atoms with Crippen molar-refractivity contribution in [3.8, 4) is 0 Å². The molecule has 0 saturated carbocycles. The van der Waals surface area contributed by atoms with E-state index < -0.39 is 11.6 Å². The van der Waals surface area contributed by atoms with Gasteiger partial charge in [0.05, 0.1) is 0 Å². The lowest BCUT2D eigenvalue weighted by atomic mass is 10.1. The third kappa shape index (κ3) is 4.84. The Hall–Kier alpha value is -1.00. The predicted octanol–water partition coefficient (Wildman–Crippen LogP) is 2.97. The van der Waals surface area contributed by atoms with E-state index in [0.29, 0.717) is 18.5 Å². The van der Waals surface area contributed by atoms with Crippen LogP contribution >= 0.6 is 0 Å². The molecule has 1 aliphatic heterocycles. The van der Waals surface area contributed by atoms with Crippen LogP contribution in [0.25, 0.3) is 0 Å². The molecule has 2 atom stereocenters. The van der Waals surface area contributed by atoms with E-state index in [1.54, 1.807) is 0 Å². The van der Waals surface area contributed by atoms with Gasteiger partial charge in [-0.15, -0.1) is 0 Å². The summed E-state index contributed by atoms with van der Waals surface area (Å²) in [5, 5.41) is 3.57. The molecule has 2 unspecified atom stereocenters. The second-order valence-corrected chi connectivity index (χ2v) is 5.92. The molecule has 0 bridgehead atoms. The summed E-state index contributed by atoms with van der Waals surface area (Å²) in [5.74, 6) is -0.974. The number of nitrogens with one attached hydrogen (secondary N) is 1. The number of rotatable bonds is 3. The van der Waals surface area contributed by atoms with E-state index >= 15 is 0 Å². The maximum absolute atomic E-state index is 13.2. The van der Waals surface area contributed by atoms with Crippen molar-refractivity contribution in [2.75, 3.05) is 19.6 Å². The van der Waals surface area contributed by atoms with Crippen molar-refractivity contribution in [3.05, 3.63) is 35.4 Å². The Kier molecular flexibility index (Phi) is 5.49. The minimum Gasteiger partial charge on any atom is -0.312 e. The van der Waals surface area contributed by atoms with E-state index in [-0.39, 0.29) is 0 Å². The summed E-state index contributed by atoms with van der Waals surface area (Å²) >= 11 is 0. The monoisotopic (exact) mass is 282 g/mol. The van der Waals surface area contributed by atoms with Crippen LogP contribution in [0, 0.1) is 11.6 Å². The highest BCUT2D eigenvalue weighted by molar-refractivity contribution is 5.18. The Morgan fingerprint density at radius 2 is 1.60 bits per heavy atom. The van der Waals surface area contributed by atoms with Crippen LogP contribution in [0.4, 0.5) is 8.78 Å². The molecular formula is C16H24F2N2. The number of hydrogen-bond donors (Lipinski definition) is 1. The zero-order chi connectivity index (χ0) is 14.5. The van der Waals surface area contributed by atoms with Gasteiger partial charge < -0.3 is 10.2 Å². The molecule has 0 aliphatic carbocycles. The van der Waals surface area contributed by atoms with Gasteiger partial charge in [-0.05, 0) is 63.9 Å². The molecule has 1 aromatic rings. The molecule has 4 heteroatoms. The van der Waals surface area contributed by atoms with Gasteiger partial charge in [0.1, 0.15) is 11.6 Å². The molecule has 0 radical (unpaired) electrons. The van der Waals surface area contributed by atoms with Gasteiger partial charge in [-0.1, -0.05) is 0 Å². The number of nitrogens with zero attached hydrogens (tertiary/aromatic N) is 1. The van der Waals surface area contributed by atoms with Crippen LogP contribution in [0.2, 0.25) is 0 Å². The van der Waals surface area contributed by atoms with E-state index in [1.165, 1.54) is 12.1 Å². The first-order valence-electron chi connectivity index (χ1n) is 7.46. The standard InChI is InChI=1S/C16H24F2N2/c1-12-3-6-20(7-4-13(2)19-12)8-5-14-9-15(17)11-16(18)10-14/h9-13,19H,3-8H2,1-2H3. The molecule has 2 rings (SSSR count). The molecule has 0 spiro atoms. The molecule has 1 aliphatic rings.